The highest BCUT2D eigenvalue weighted by atomic mass is 31.2. The maximum Gasteiger partial charge on any atom is 0.469 e. The van der Waals surface area contributed by atoms with Gasteiger partial charge in [0, 0.05) is 19.2 Å². The summed E-state index contributed by atoms with van der Waals surface area (Å²) in [6, 6.07) is 1.06. The molecule has 0 unspecified atom stereocenters. The van der Waals surface area contributed by atoms with Crippen molar-refractivity contribution >= 4 is 25.5 Å². The van der Waals surface area contributed by atoms with Gasteiger partial charge in [0.05, 0.1) is 19.1 Å². The van der Waals surface area contributed by atoms with Crippen molar-refractivity contribution in [3.8, 4) is 0 Å². The number of amides is 1. The summed E-state index contributed by atoms with van der Waals surface area (Å²) in [4.78, 5) is 56.0. The van der Waals surface area contributed by atoms with Crippen LogP contribution < -0.4 is 16.3 Å². The lowest BCUT2D eigenvalue weighted by Crippen LogP contribution is -2.35. The van der Waals surface area contributed by atoms with E-state index in [1.807, 2.05) is 0 Å². The van der Waals surface area contributed by atoms with E-state index in [4.69, 9.17) is 19.3 Å². The largest absolute Gasteiger partial charge is 0.469 e. The minimum atomic E-state index is -4.88. The summed E-state index contributed by atoms with van der Waals surface area (Å²) < 4.78 is 53.5. The van der Waals surface area contributed by atoms with Crippen molar-refractivity contribution in [2.24, 2.45) is 0 Å². The molecule has 1 amide bonds. The first-order valence-corrected chi connectivity index (χ1v) is 10.4. The Kier molecular flexibility index (Phi) is 8.34. The van der Waals surface area contributed by atoms with Crippen molar-refractivity contribution in [1.82, 2.24) is 14.9 Å². The summed E-state index contributed by atoms with van der Waals surface area (Å²) in [6.07, 6.45) is -3.45. The molecule has 174 valence electrons. The average Bonchev–Trinajstić information content (AvgIpc) is 2.97. The molecule has 0 aliphatic carbocycles. The lowest BCUT2D eigenvalue weighted by atomic mass is 10.2. The van der Waals surface area contributed by atoms with Crippen LogP contribution in [0.15, 0.2) is 17.1 Å². The Labute approximate surface area is 173 Å². The van der Waals surface area contributed by atoms with Gasteiger partial charge in [-0.05, 0) is 13.1 Å². The first-order chi connectivity index (χ1) is 14.4. The first-order valence-electron chi connectivity index (χ1n) is 8.84. The van der Waals surface area contributed by atoms with Gasteiger partial charge in [0.15, 0.2) is 6.61 Å². The van der Waals surface area contributed by atoms with Gasteiger partial charge in [-0.3, -0.25) is 18.7 Å². The van der Waals surface area contributed by atoms with Gasteiger partial charge in [-0.2, -0.15) is 4.98 Å². The molecule has 2 rings (SSSR count). The second kappa shape index (κ2) is 10.3. The van der Waals surface area contributed by atoms with Crippen molar-refractivity contribution in [3.63, 3.8) is 0 Å². The van der Waals surface area contributed by atoms with Crippen LogP contribution >= 0.6 is 7.82 Å². The van der Waals surface area contributed by atoms with Gasteiger partial charge in [0.1, 0.15) is 5.82 Å². The molecular formula is C15H21F2N4O9P. The number of hydrogen-bond donors (Lipinski definition) is 4. The molecule has 1 aromatic rings. The van der Waals surface area contributed by atoms with Crippen LogP contribution in [0, 0.1) is 0 Å². The van der Waals surface area contributed by atoms with E-state index in [0.29, 0.717) is 11.1 Å². The first kappa shape index (κ1) is 25.0. The molecule has 0 bridgehead atoms. The van der Waals surface area contributed by atoms with Gasteiger partial charge in [-0.25, -0.2) is 18.1 Å². The summed E-state index contributed by atoms with van der Waals surface area (Å²) in [5.41, 5.74) is -1.18. The number of nitrogens with zero attached hydrogens (tertiary/aromatic N) is 2. The number of aromatic nitrogens is 2. The fraction of sp³-hybridized carbons (Fsp3) is 0.600. The number of alkyl halides is 2. The molecule has 1 aliphatic heterocycles. The molecule has 13 nitrogen and oxygen atoms in total. The van der Waals surface area contributed by atoms with Gasteiger partial charge in [-0.1, -0.05) is 0 Å². The SMILES string of the molecule is CNCCC(=O)OCC(=O)Nc1ccn([C@@H]2O[C@H](COP(=O)(O)O)CC2(F)F)c(=O)n1. The highest BCUT2D eigenvalue weighted by Crippen LogP contribution is 2.44. The summed E-state index contributed by atoms with van der Waals surface area (Å²) in [5.74, 6) is -5.23. The third-order valence-electron chi connectivity index (χ3n) is 3.90. The fourth-order valence-corrected chi connectivity index (χ4v) is 2.93. The number of nitrogens with one attached hydrogen (secondary N) is 2. The molecular weight excluding hydrogens is 449 g/mol. The molecule has 2 atom stereocenters. The Hall–Kier alpha value is -2.29. The Morgan fingerprint density at radius 2 is 2.16 bits per heavy atom. The van der Waals surface area contributed by atoms with Crippen molar-refractivity contribution in [3.05, 3.63) is 22.7 Å². The lowest BCUT2D eigenvalue weighted by molar-refractivity contribution is -0.147. The molecule has 16 heteroatoms. The summed E-state index contributed by atoms with van der Waals surface area (Å²) in [5, 5.41) is 4.92. The van der Waals surface area contributed by atoms with E-state index >= 15 is 0 Å². The van der Waals surface area contributed by atoms with E-state index in [2.05, 4.69) is 20.1 Å². The van der Waals surface area contributed by atoms with Gasteiger partial charge < -0.3 is 29.9 Å². The number of carbonyl (C=O) groups excluding carboxylic acids is 2. The normalized spacial score (nSPS) is 20.4. The van der Waals surface area contributed by atoms with Crippen molar-refractivity contribution in [1.29, 1.82) is 0 Å². The minimum Gasteiger partial charge on any atom is -0.456 e. The zero-order chi connectivity index (χ0) is 23.2. The van der Waals surface area contributed by atoms with Crippen LogP contribution in [0.5, 0.6) is 0 Å². The molecule has 31 heavy (non-hydrogen) atoms. The van der Waals surface area contributed by atoms with E-state index in [1.54, 1.807) is 7.05 Å². The van der Waals surface area contributed by atoms with E-state index in [0.717, 1.165) is 12.3 Å². The molecule has 1 saturated heterocycles. The average molecular weight is 470 g/mol. The summed E-state index contributed by atoms with van der Waals surface area (Å²) in [6.45, 7) is -1.07. The van der Waals surface area contributed by atoms with Gasteiger partial charge >= 0.3 is 19.5 Å². The van der Waals surface area contributed by atoms with Crippen LogP contribution in [0.2, 0.25) is 0 Å². The standard InChI is InChI=1S/C15H21F2N4O9P/c1-18-4-2-12(23)28-8-11(22)19-10-3-5-21(14(24)20-10)13-15(16,17)6-9(30-13)7-29-31(25,26)27/h3,5,9,13,18H,2,4,6-8H2,1H3,(H2,25,26,27)(H,19,20,22,24)/t9-,13+/m0/s1. The van der Waals surface area contributed by atoms with Crippen molar-refractivity contribution in [2.45, 2.75) is 31.1 Å². The smallest absolute Gasteiger partial charge is 0.456 e. The number of rotatable bonds is 10. The van der Waals surface area contributed by atoms with E-state index < -0.39 is 63.3 Å². The molecule has 1 aromatic heterocycles. The Bertz CT molecular complexity index is 907. The lowest BCUT2D eigenvalue weighted by Gasteiger charge is -2.20. The predicted molar refractivity (Wildman–Crippen MR) is 98.1 cm³/mol. The molecule has 1 aliphatic rings. The van der Waals surface area contributed by atoms with Gasteiger partial charge in [0.25, 0.3) is 11.8 Å². The number of phosphoric acid groups is 1. The quantitative estimate of drug-likeness (QED) is 0.253. The van der Waals surface area contributed by atoms with Crippen LogP contribution in [0.3, 0.4) is 0 Å². The summed E-state index contributed by atoms with van der Waals surface area (Å²) >= 11 is 0. The number of esters is 1. The third-order valence-corrected chi connectivity index (χ3v) is 4.39. The fourth-order valence-electron chi connectivity index (χ4n) is 2.57. The predicted octanol–water partition coefficient (Wildman–Crippen LogP) is -0.633. The molecule has 2 heterocycles. The highest BCUT2D eigenvalue weighted by Gasteiger charge is 2.52. The van der Waals surface area contributed by atoms with Gasteiger partial charge in [0.2, 0.25) is 6.23 Å². The van der Waals surface area contributed by atoms with Gasteiger partial charge in [-0.15, -0.1) is 0 Å². The monoisotopic (exact) mass is 470 g/mol. The minimum absolute atomic E-state index is 0.0495. The maximum absolute atomic E-state index is 14.2. The second-order valence-electron chi connectivity index (χ2n) is 6.43. The Balaban J connectivity index is 1.98. The molecule has 4 N–H and O–H groups in total. The molecule has 0 spiro atoms. The number of hydrogen-bond acceptors (Lipinski definition) is 9. The van der Waals surface area contributed by atoms with Crippen LogP contribution in [0.4, 0.5) is 14.6 Å². The van der Waals surface area contributed by atoms with Crippen LogP contribution in [-0.2, 0) is 28.2 Å². The zero-order valence-corrected chi connectivity index (χ0v) is 17.1. The molecule has 1 fully saturated rings. The Morgan fingerprint density at radius 1 is 1.45 bits per heavy atom. The highest BCUT2D eigenvalue weighted by molar-refractivity contribution is 7.46. The maximum atomic E-state index is 14.2. The Morgan fingerprint density at radius 3 is 2.77 bits per heavy atom. The molecule has 0 aromatic carbocycles. The van der Waals surface area contributed by atoms with Crippen LogP contribution in [-0.4, -0.2) is 70.0 Å². The van der Waals surface area contributed by atoms with E-state index in [9.17, 15) is 27.7 Å². The number of anilines is 1. The van der Waals surface area contributed by atoms with Crippen molar-refractivity contribution < 1.29 is 46.7 Å². The number of halogens is 2. The van der Waals surface area contributed by atoms with Crippen LogP contribution in [0.25, 0.3) is 0 Å². The number of ether oxygens (including phenoxy) is 2. The molecule has 0 saturated carbocycles. The molecule has 0 radical (unpaired) electrons. The number of phosphoric ester groups is 1. The second-order valence-corrected chi connectivity index (χ2v) is 7.67. The topological polar surface area (TPSA) is 178 Å². The van der Waals surface area contributed by atoms with Crippen LogP contribution in [0.1, 0.15) is 19.1 Å². The zero-order valence-electron chi connectivity index (χ0n) is 16.2. The van der Waals surface area contributed by atoms with E-state index in [1.165, 1.54) is 0 Å². The van der Waals surface area contributed by atoms with E-state index in [-0.39, 0.29) is 12.2 Å². The summed E-state index contributed by atoms with van der Waals surface area (Å²) in [7, 11) is -3.24. The number of carbonyl (C=O) groups is 2. The third kappa shape index (κ3) is 7.72. The van der Waals surface area contributed by atoms with Crippen molar-refractivity contribution in [2.75, 3.05) is 32.1 Å².